The zero-order valence-electron chi connectivity index (χ0n) is 12.7. The molecule has 2 atom stereocenters. The number of aromatic nitrogens is 3. The number of methoxy groups -OCH3 is 4. The summed E-state index contributed by atoms with van der Waals surface area (Å²) in [6.45, 7) is 3.73. The first-order valence-electron chi connectivity index (χ1n) is 6.19. The molecule has 0 N–H and O–H groups in total. The van der Waals surface area contributed by atoms with Gasteiger partial charge >= 0.3 is 0 Å². The van der Waals surface area contributed by atoms with Crippen LogP contribution < -0.4 is 0 Å². The SMILES string of the molecule is COC(C=Nn1c([C@H](C)OC)nnc1[C@H](C)OC)OC. The van der Waals surface area contributed by atoms with E-state index in [2.05, 4.69) is 15.3 Å². The van der Waals surface area contributed by atoms with Crippen LogP contribution in [0.2, 0.25) is 0 Å². The highest BCUT2D eigenvalue weighted by Gasteiger charge is 2.21. The van der Waals surface area contributed by atoms with Crippen molar-refractivity contribution in [3.05, 3.63) is 11.6 Å². The van der Waals surface area contributed by atoms with E-state index in [1.807, 2.05) is 13.8 Å². The van der Waals surface area contributed by atoms with Crippen molar-refractivity contribution in [2.24, 2.45) is 5.10 Å². The molecule has 20 heavy (non-hydrogen) atoms. The van der Waals surface area contributed by atoms with Crippen molar-refractivity contribution < 1.29 is 18.9 Å². The summed E-state index contributed by atoms with van der Waals surface area (Å²) in [5, 5.41) is 12.5. The van der Waals surface area contributed by atoms with Gasteiger partial charge in [0.2, 0.25) is 0 Å². The van der Waals surface area contributed by atoms with E-state index >= 15 is 0 Å². The second-order valence-corrected chi connectivity index (χ2v) is 4.09. The van der Waals surface area contributed by atoms with Gasteiger partial charge in [0.05, 0.1) is 6.21 Å². The van der Waals surface area contributed by atoms with E-state index in [0.29, 0.717) is 11.6 Å². The van der Waals surface area contributed by atoms with Gasteiger partial charge in [-0.3, -0.25) is 0 Å². The number of ether oxygens (including phenoxy) is 4. The molecule has 0 aliphatic carbocycles. The molecule has 1 aromatic rings. The highest BCUT2D eigenvalue weighted by Crippen LogP contribution is 2.20. The summed E-state index contributed by atoms with van der Waals surface area (Å²) >= 11 is 0. The number of hydrogen-bond donors (Lipinski definition) is 0. The zero-order chi connectivity index (χ0) is 15.1. The highest BCUT2D eigenvalue weighted by molar-refractivity contribution is 5.61. The van der Waals surface area contributed by atoms with E-state index in [1.54, 1.807) is 18.9 Å². The van der Waals surface area contributed by atoms with Crippen molar-refractivity contribution in [2.75, 3.05) is 28.4 Å². The van der Waals surface area contributed by atoms with Crippen LogP contribution in [0.25, 0.3) is 0 Å². The van der Waals surface area contributed by atoms with Crippen LogP contribution in [0.1, 0.15) is 37.7 Å². The number of nitrogens with zero attached hydrogens (tertiary/aromatic N) is 4. The van der Waals surface area contributed by atoms with Crippen molar-refractivity contribution >= 4 is 6.21 Å². The van der Waals surface area contributed by atoms with Crippen molar-refractivity contribution in [1.29, 1.82) is 0 Å². The summed E-state index contributed by atoms with van der Waals surface area (Å²) in [5.74, 6) is 1.15. The van der Waals surface area contributed by atoms with E-state index in [-0.39, 0.29) is 12.2 Å². The fourth-order valence-corrected chi connectivity index (χ4v) is 1.48. The third-order valence-electron chi connectivity index (χ3n) is 2.89. The first-order chi connectivity index (χ1) is 9.58. The highest BCUT2D eigenvalue weighted by atomic mass is 16.7. The Morgan fingerprint density at radius 2 is 1.35 bits per heavy atom. The average molecular weight is 286 g/mol. The van der Waals surface area contributed by atoms with E-state index in [0.717, 1.165) is 0 Å². The third kappa shape index (κ3) is 3.83. The molecule has 0 spiro atoms. The summed E-state index contributed by atoms with van der Waals surface area (Å²) in [4.78, 5) is 0. The molecule has 0 saturated carbocycles. The minimum absolute atomic E-state index is 0.249. The maximum absolute atomic E-state index is 5.26. The lowest BCUT2D eigenvalue weighted by Gasteiger charge is -2.13. The molecule has 1 rings (SSSR count). The normalized spacial score (nSPS) is 15.2. The van der Waals surface area contributed by atoms with Gasteiger partial charge in [0.1, 0.15) is 12.2 Å². The Morgan fingerprint density at radius 3 is 1.70 bits per heavy atom. The quantitative estimate of drug-likeness (QED) is 0.527. The van der Waals surface area contributed by atoms with Crippen molar-refractivity contribution in [3.63, 3.8) is 0 Å². The molecule has 8 nitrogen and oxygen atoms in total. The Labute approximate surface area is 118 Å². The Morgan fingerprint density at radius 1 is 0.900 bits per heavy atom. The largest absolute Gasteiger partial charge is 0.374 e. The second kappa shape index (κ2) is 8.05. The van der Waals surface area contributed by atoms with Gasteiger partial charge in [0.25, 0.3) is 0 Å². The molecular weight excluding hydrogens is 264 g/mol. The molecular formula is C12H22N4O4. The molecule has 0 aromatic carbocycles. The first kappa shape index (κ1) is 16.7. The molecule has 0 bridgehead atoms. The van der Waals surface area contributed by atoms with E-state index in [4.69, 9.17) is 18.9 Å². The average Bonchev–Trinajstić information content (AvgIpc) is 2.90. The van der Waals surface area contributed by atoms with Crippen LogP contribution in [-0.4, -0.2) is 55.8 Å². The summed E-state index contributed by atoms with van der Waals surface area (Å²) < 4.78 is 22.2. The Hall–Kier alpha value is -1.35. The van der Waals surface area contributed by atoms with Gasteiger partial charge < -0.3 is 18.9 Å². The lowest BCUT2D eigenvalue weighted by atomic mass is 10.3. The van der Waals surface area contributed by atoms with E-state index in [1.165, 1.54) is 20.4 Å². The summed E-state index contributed by atoms with van der Waals surface area (Å²) in [6.07, 6.45) is 0.469. The Bertz CT molecular complexity index is 404. The topological polar surface area (TPSA) is 80.0 Å². The van der Waals surface area contributed by atoms with E-state index in [9.17, 15) is 0 Å². The lowest BCUT2D eigenvalue weighted by Crippen LogP contribution is -2.17. The minimum Gasteiger partial charge on any atom is -0.374 e. The molecule has 0 saturated heterocycles. The van der Waals surface area contributed by atoms with Crippen LogP contribution >= 0.6 is 0 Å². The Balaban J connectivity index is 3.14. The van der Waals surface area contributed by atoms with Crippen LogP contribution in [0.15, 0.2) is 5.10 Å². The van der Waals surface area contributed by atoms with E-state index < -0.39 is 6.29 Å². The van der Waals surface area contributed by atoms with Crippen molar-refractivity contribution in [2.45, 2.75) is 32.3 Å². The molecule has 0 radical (unpaired) electrons. The number of rotatable bonds is 8. The first-order valence-corrected chi connectivity index (χ1v) is 6.19. The second-order valence-electron chi connectivity index (χ2n) is 4.09. The lowest BCUT2D eigenvalue weighted by molar-refractivity contribution is -0.0487. The number of hydrogen-bond acceptors (Lipinski definition) is 7. The maximum Gasteiger partial charge on any atom is 0.195 e. The molecule has 8 heteroatoms. The van der Waals surface area contributed by atoms with Crippen molar-refractivity contribution in [3.8, 4) is 0 Å². The molecule has 0 aliphatic rings. The standard InChI is InChI=1S/C12H22N4O4/c1-8(17-3)11-14-15-12(9(2)18-4)16(11)13-7-10(19-5)20-6/h7-10H,1-6H3/t8-,9-/m0/s1. The van der Waals surface area contributed by atoms with Gasteiger partial charge in [-0.2, -0.15) is 9.78 Å². The van der Waals surface area contributed by atoms with Crippen LogP contribution in [0.5, 0.6) is 0 Å². The fraction of sp³-hybridized carbons (Fsp3) is 0.750. The summed E-state index contributed by atoms with van der Waals surface area (Å²) in [7, 11) is 6.26. The minimum atomic E-state index is -0.547. The smallest absolute Gasteiger partial charge is 0.195 e. The van der Waals surface area contributed by atoms with Gasteiger partial charge in [-0.05, 0) is 13.8 Å². The Kier molecular flexibility index (Phi) is 6.73. The van der Waals surface area contributed by atoms with Crippen molar-refractivity contribution in [1.82, 2.24) is 14.9 Å². The van der Waals surface area contributed by atoms with Crippen LogP contribution in [0, 0.1) is 0 Å². The molecule has 0 aliphatic heterocycles. The predicted octanol–water partition coefficient (Wildman–Crippen LogP) is 1.15. The van der Waals surface area contributed by atoms with Crippen LogP contribution in [0.3, 0.4) is 0 Å². The monoisotopic (exact) mass is 286 g/mol. The third-order valence-corrected chi connectivity index (χ3v) is 2.89. The van der Waals surface area contributed by atoms with Gasteiger partial charge in [-0.15, -0.1) is 10.2 Å². The molecule has 0 unspecified atom stereocenters. The van der Waals surface area contributed by atoms with Gasteiger partial charge in [0.15, 0.2) is 17.9 Å². The van der Waals surface area contributed by atoms with Crippen LogP contribution in [-0.2, 0) is 18.9 Å². The van der Waals surface area contributed by atoms with Gasteiger partial charge in [0, 0.05) is 28.4 Å². The summed E-state index contributed by atoms with van der Waals surface area (Å²) in [5.41, 5.74) is 0. The molecule has 0 fully saturated rings. The van der Waals surface area contributed by atoms with Gasteiger partial charge in [-0.1, -0.05) is 0 Å². The fourth-order valence-electron chi connectivity index (χ4n) is 1.48. The zero-order valence-corrected chi connectivity index (χ0v) is 12.7. The van der Waals surface area contributed by atoms with Crippen LogP contribution in [0.4, 0.5) is 0 Å². The molecule has 1 heterocycles. The maximum atomic E-state index is 5.26. The summed E-state index contributed by atoms with van der Waals surface area (Å²) in [6, 6.07) is 0. The predicted molar refractivity (Wildman–Crippen MR) is 72.6 cm³/mol. The molecule has 1 aromatic heterocycles. The molecule has 114 valence electrons. The molecule has 0 amide bonds. The van der Waals surface area contributed by atoms with Gasteiger partial charge in [-0.25, -0.2) is 0 Å².